The normalized spacial score (nSPS) is 12.4. The summed E-state index contributed by atoms with van der Waals surface area (Å²) in [6, 6.07) is 2.12. The van der Waals surface area contributed by atoms with Crippen molar-refractivity contribution >= 4 is 11.5 Å². The molecule has 0 aliphatic carbocycles. The van der Waals surface area contributed by atoms with Gasteiger partial charge in [0, 0.05) is 11.5 Å². The SMILES string of the molecule is CCC(C#N)c1nnns1. The molecule has 52 valence electrons. The summed E-state index contributed by atoms with van der Waals surface area (Å²) in [6.45, 7) is 1.94. The first-order chi connectivity index (χ1) is 4.88. The van der Waals surface area contributed by atoms with E-state index in [4.69, 9.17) is 5.26 Å². The van der Waals surface area contributed by atoms with Crippen molar-refractivity contribution in [2.75, 3.05) is 0 Å². The van der Waals surface area contributed by atoms with Crippen molar-refractivity contribution in [1.82, 2.24) is 14.8 Å². The van der Waals surface area contributed by atoms with Crippen LogP contribution in [-0.2, 0) is 0 Å². The van der Waals surface area contributed by atoms with Crippen LogP contribution in [0.3, 0.4) is 0 Å². The smallest absolute Gasteiger partial charge is 0.155 e. The summed E-state index contributed by atoms with van der Waals surface area (Å²) in [5.74, 6) is -0.125. The molecule has 10 heavy (non-hydrogen) atoms. The number of hydrogen-bond donors (Lipinski definition) is 0. The molecule has 1 aromatic rings. The molecule has 0 spiro atoms. The van der Waals surface area contributed by atoms with E-state index in [1.165, 1.54) is 11.5 Å². The standard InChI is InChI=1S/C5H6N4S/c1-2-4(3-6)5-7-8-9-10-5/h4H,2H2,1H3. The van der Waals surface area contributed by atoms with Crippen molar-refractivity contribution in [3.8, 4) is 6.07 Å². The number of rotatable bonds is 2. The summed E-state index contributed by atoms with van der Waals surface area (Å²) in [5, 5.41) is 16.4. The van der Waals surface area contributed by atoms with Crippen LogP contribution in [-0.4, -0.2) is 14.8 Å². The van der Waals surface area contributed by atoms with Crippen LogP contribution in [0, 0.1) is 11.3 Å². The Morgan fingerprint density at radius 2 is 2.60 bits per heavy atom. The molecule has 0 bridgehead atoms. The number of nitriles is 1. The summed E-state index contributed by atoms with van der Waals surface area (Å²) in [4.78, 5) is 0. The first-order valence-corrected chi connectivity index (χ1v) is 3.70. The maximum Gasteiger partial charge on any atom is 0.155 e. The molecule has 1 aromatic heterocycles. The van der Waals surface area contributed by atoms with Gasteiger partial charge in [-0.2, -0.15) is 5.26 Å². The van der Waals surface area contributed by atoms with Crippen LogP contribution < -0.4 is 0 Å². The molecular weight excluding hydrogens is 148 g/mol. The first kappa shape index (κ1) is 7.09. The average molecular weight is 154 g/mol. The zero-order chi connectivity index (χ0) is 7.40. The van der Waals surface area contributed by atoms with Gasteiger partial charge in [0.05, 0.1) is 6.07 Å². The van der Waals surface area contributed by atoms with E-state index < -0.39 is 0 Å². The van der Waals surface area contributed by atoms with Crippen LogP contribution in [0.25, 0.3) is 0 Å². The molecule has 4 nitrogen and oxygen atoms in total. The maximum absolute atomic E-state index is 8.56. The van der Waals surface area contributed by atoms with Crippen LogP contribution in [0.1, 0.15) is 24.3 Å². The molecule has 1 rings (SSSR count). The summed E-state index contributed by atoms with van der Waals surface area (Å²) in [5.41, 5.74) is 0. The highest BCUT2D eigenvalue weighted by atomic mass is 32.1. The molecule has 0 fully saturated rings. The van der Waals surface area contributed by atoms with Gasteiger partial charge >= 0.3 is 0 Å². The van der Waals surface area contributed by atoms with Crippen molar-refractivity contribution in [3.05, 3.63) is 5.01 Å². The quantitative estimate of drug-likeness (QED) is 0.636. The highest BCUT2D eigenvalue weighted by Crippen LogP contribution is 2.17. The third-order valence-corrected chi connectivity index (χ3v) is 1.88. The molecular formula is C5H6N4S. The van der Waals surface area contributed by atoms with E-state index in [0.29, 0.717) is 5.01 Å². The zero-order valence-electron chi connectivity index (χ0n) is 5.48. The zero-order valence-corrected chi connectivity index (χ0v) is 6.30. The Labute approximate surface area is 62.7 Å². The first-order valence-electron chi connectivity index (χ1n) is 2.93. The molecule has 0 amide bonds. The number of aromatic nitrogens is 3. The molecule has 0 aliphatic rings. The topological polar surface area (TPSA) is 62.5 Å². The van der Waals surface area contributed by atoms with Gasteiger partial charge in [0.2, 0.25) is 0 Å². The van der Waals surface area contributed by atoms with Crippen LogP contribution in [0.4, 0.5) is 0 Å². The van der Waals surface area contributed by atoms with E-state index in [0.717, 1.165) is 6.42 Å². The lowest BCUT2D eigenvalue weighted by atomic mass is 10.1. The van der Waals surface area contributed by atoms with Gasteiger partial charge in [-0.3, -0.25) is 0 Å². The van der Waals surface area contributed by atoms with Gasteiger partial charge in [-0.1, -0.05) is 11.4 Å². The van der Waals surface area contributed by atoms with Crippen LogP contribution in [0.2, 0.25) is 0 Å². The van der Waals surface area contributed by atoms with E-state index in [1.807, 2.05) is 6.92 Å². The van der Waals surface area contributed by atoms with E-state index >= 15 is 0 Å². The summed E-state index contributed by atoms with van der Waals surface area (Å²) < 4.78 is 3.57. The lowest BCUT2D eigenvalue weighted by Crippen LogP contribution is -1.91. The molecule has 0 saturated heterocycles. The number of hydrogen-bond acceptors (Lipinski definition) is 5. The van der Waals surface area contributed by atoms with Crippen LogP contribution >= 0.6 is 11.5 Å². The fourth-order valence-corrected chi connectivity index (χ4v) is 1.17. The minimum absolute atomic E-state index is 0.125. The minimum atomic E-state index is -0.125. The average Bonchev–Trinajstić information content (AvgIpc) is 2.43. The molecule has 1 unspecified atom stereocenters. The maximum atomic E-state index is 8.56. The monoisotopic (exact) mass is 154 g/mol. The summed E-state index contributed by atoms with van der Waals surface area (Å²) in [6.07, 6.45) is 0.771. The highest BCUT2D eigenvalue weighted by molar-refractivity contribution is 7.05. The van der Waals surface area contributed by atoms with Gasteiger partial charge in [-0.15, -0.1) is 5.10 Å². The van der Waals surface area contributed by atoms with Gasteiger partial charge in [0.1, 0.15) is 5.92 Å². The Kier molecular flexibility index (Phi) is 2.29. The predicted molar refractivity (Wildman–Crippen MR) is 36.3 cm³/mol. The van der Waals surface area contributed by atoms with E-state index in [9.17, 15) is 0 Å². The molecule has 0 radical (unpaired) electrons. The lowest BCUT2D eigenvalue weighted by molar-refractivity contribution is 0.782. The Morgan fingerprint density at radius 3 is 3.00 bits per heavy atom. The fourth-order valence-electron chi connectivity index (χ4n) is 0.595. The van der Waals surface area contributed by atoms with Gasteiger partial charge in [0.25, 0.3) is 0 Å². The molecule has 0 N–H and O–H groups in total. The Hall–Kier alpha value is -1.02. The lowest BCUT2D eigenvalue weighted by Gasteiger charge is -1.94. The molecule has 0 saturated carbocycles. The third kappa shape index (κ3) is 1.28. The summed E-state index contributed by atoms with van der Waals surface area (Å²) >= 11 is 1.19. The van der Waals surface area contributed by atoms with Gasteiger partial charge in [-0.05, 0) is 11.6 Å². The highest BCUT2D eigenvalue weighted by Gasteiger charge is 2.11. The second-order valence-corrected chi connectivity index (χ2v) is 2.55. The van der Waals surface area contributed by atoms with Crippen molar-refractivity contribution in [2.45, 2.75) is 19.3 Å². The molecule has 5 heteroatoms. The van der Waals surface area contributed by atoms with Crippen LogP contribution in [0.15, 0.2) is 0 Å². The second-order valence-electron chi connectivity index (χ2n) is 1.79. The minimum Gasteiger partial charge on any atom is -0.198 e. The van der Waals surface area contributed by atoms with Crippen LogP contribution in [0.5, 0.6) is 0 Å². The van der Waals surface area contributed by atoms with Gasteiger partial charge < -0.3 is 0 Å². The Balaban J connectivity index is 2.76. The van der Waals surface area contributed by atoms with Crippen molar-refractivity contribution < 1.29 is 0 Å². The Morgan fingerprint density at radius 1 is 1.80 bits per heavy atom. The largest absolute Gasteiger partial charge is 0.198 e. The van der Waals surface area contributed by atoms with E-state index in [2.05, 4.69) is 20.9 Å². The third-order valence-electron chi connectivity index (χ3n) is 1.18. The molecule has 1 atom stereocenters. The molecule has 1 heterocycles. The molecule has 0 aliphatic heterocycles. The fraction of sp³-hybridized carbons (Fsp3) is 0.600. The second kappa shape index (κ2) is 3.22. The van der Waals surface area contributed by atoms with Gasteiger partial charge in [-0.25, -0.2) is 0 Å². The van der Waals surface area contributed by atoms with Crippen molar-refractivity contribution in [3.63, 3.8) is 0 Å². The van der Waals surface area contributed by atoms with E-state index in [1.54, 1.807) is 0 Å². The number of nitrogens with zero attached hydrogens (tertiary/aromatic N) is 4. The van der Waals surface area contributed by atoms with E-state index in [-0.39, 0.29) is 5.92 Å². The van der Waals surface area contributed by atoms with Crippen molar-refractivity contribution in [2.24, 2.45) is 0 Å². The Bertz CT molecular complexity index is 224. The van der Waals surface area contributed by atoms with Crippen molar-refractivity contribution in [1.29, 1.82) is 5.26 Å². The van der Waals surface area contributed by atoms with Gasteiger partial charge in [0.15, 0.2) is 5.01 Å². The predicted octanol–water partition coefficient (Wildman–Crippen LogP) is 0.950. The summed E-state index contributed by atoms with van der Waals surface area (Å²) in [7, 11) is 0. The molecule has 0 aromatic carbocycles.